The molecule has 150 valence electrons. The summed E-state index contributed by atoms with van der Waals surface area (Å²) in [6, 6.07) is 5.27. The van der Waals surface area contributed by atoms with Crippen molar-refractivity contribution in [3.05, 3.63) is 29.8 Å². The van der Waals surface area contributed by atoms with Gasteiger partial charge in [0.2, 0.25) is 17.7 Å². The molecule has 0 unspecified atom stereocenters. The molecular formula is C19H30N4O4. The fourth-order valence-electron chi connectivity index (χ4n) is 2.41. The lowest BCUT2D eigenvalue weighted by Crippen LogP contribution is -2.51. The number of nitrogens with two attached hydrogens (primary N) is 2. The summed E-state index contributed by atoms with van der Waals surface area (Å²) in [6.07, 6.45) is 1.69. The summed E-state index contributed by atoms with van der Waals surface area (Å²) in [7, 11) is 0. The molecule has 0 saturated heterocycles. The highest BCUT2D eigenvalue weighted by Gasteiger charge is 2.25. The predicted molar refractivity (Wildman–Crippen MR) is 103 cm³/mol. The van der Waals surface area contributed by atoms with Crippen LogP contribution in [0.15, 0.2) is 24.3 Å². The number of unbranched alkanes of at least 4 members (excludes halogenated alkanes) is 1. The summed E-state index contributed by atoms with van der Waals surface area (Å²) < 4.78 is 0. The van der Waals surface area contributed by atoms with Crippen LogP contribution < -0.4 is 22.1 Å². The first-order chi connectivity index (χ1) is 12.7. The number of rotatable bonds is 11. The second-order valence-electron chi connectivity index (χ2n) is 6.89. The van der Waals surface area contributed by atoms with Gasteiger partial charge in [-0.1, -0.05) is 32.4 Å². The molecule has 0 heterocycles. The maximum atomic E-state index is 12.6. The van der Waals surface area contributed by atoms with E-state index >= 15 is 0 Å². The van der Waals surface area contributed by atoms with Gasteiger partial charge in [-0.05, 0) is 36.5 Å². The minimum absolute atomic E-state index is 0.0606. The molecule has 1 aromatic carbocycles. The van der Waals surface area contributed by atoms with Crippen molar-refractivity contribution in [2.24, 2.45) is 17.4 Å². The van der Waals surface area contributed by atoms with Crippen LogP contribution in [-0.2, 0) is 21.0 Å². The highest BCUT2D eigenvalue weighted by Crippen LogP contribution is 2.12. The Bertz CT molecular complexity index is 631. The van der Waals surface area contributed by atoms with E-state index in [1.165, 1.54) is 0 Å². The molecule has 27 heavy (non-hydrogen) atoms. The van der Waals surface area contributed by atoms with Crippen LogP contribution in [0.1, 0.15) is 45.1 Å². The van der Waals surface area contributed by atoms with Crippen molar-refractivity contribution in [3.63, 3.8) is 0 Å². The molecule has 1 rings (SSSR count). The maximum Gasteiger partial charge on any atom is 0.246 e. The van der Waals surface area contributed by atoms with Gasteiger partial charge in [-0.15, -0.1) is 0 Å². The highest BCUT2D eigenvalue weighted by molar-refractivity contribution is 5.97. The van der Waals surface area contributed by atoms with E-state index in [1.54, 1.807) is 24.3 Å². The SMILES string of the molecule is CC(C)[C@H](N)C(=O)N[C@@H](CCCCC(N)=O)C(=O)Nc1ccc(CO)cc1. The highest BCUT2D eigenvalue weighted by atomic mass is 16.3. The molecule has 3 amide bonds. The Morgan fingerprint density at radius 3 is 2.22 bits per heavy atom. The average molecular weight is 378 g/mol. The van der Waals surface area contributed by atoms with E-state index in [9.17, 15) is 14.4 Å². The lowest BCUT2D eigenvalue weighted by atomic mass is 10.0. The normalized spacial score (nSPS) is 13.1. The number of anilines is 1. The average Bonchev–Trinajstić information content (AvgIpc) is 2.63. The molecule has 0 spiro atoms. The van der Waals surface area contributed by atoms with Crippen molar-refractivity contribution in [2.75, 3.05) is 5.32 Å². The van der Waals surface area contributed by atoms with E-state index in [0.29, 0.717) is 24.9 Å². The van der Waals surface area contributed by atoms with Gasteiger partial charge in [-0.2, -0.15) is 0 Å². The number of hydrogen-bond acceptors (Lipinski definition) is 5. The third-order valence-electron chi connectivity index (χ3n) is 4.22. The Labute approximate surface area is 159 Å². The number of carbonyl (C=O) groups excluding carboxylic acids is 3. The lowest BCUT2D eigenvalue weighted by Gasteiger charge is -2.22. The molecule has 2 atom stereocenters. The maximum absolute atomic E-state index is 12.6. The van der Waals surface area contributed by atoms with Gasteiger partial charge < -0.3 is 27.2 Å². The molecule has 0 radical (unpaired) electrons. The van der Waals surface area contributed by atoms with Crippen molar-refractivity contribution in [1.82, 2.24) is 5.32 Å². The van der Waals surface area contributed by atoms with Crippen LogP contribution in [0.2, 0.25) is 0 Å². The van der Waals surface area contributed by atoms with Gasteiger partial charge in [0, 0.05) is 12.1 Å². The summed E-state index contributed by atoms with van der Waals surface area (Å²) in [5, 5.41) is 14.5. The van der Waals surface area contributed by atoms with Crippen LogP contribution in [0.25, 0.3) is 0 Å². The van der Waals surface area contributed by atoms with Crippen molar-refractivity contribution >= 4 is 23.4 Å². The van der Waals surface area contributed by atoms with Gasteiger partial charge in [0.1, 0.15) is 6.04 Å². The number of carbonyl (C=O) groups is 3. The third-order valence-corrected chi connectivity index (χ3v) is 4.22. The zero-order valence-corrected chi connectivity index (χ0v) is 15.9. The number of amides is 3. The van der Waals surface area contributed by atoms with Gasteiger partial charge in [0.15, 0.2) is 0 Å². The summed E-state index contributed by atoms with van der Waals surface area (Å²) in [5.74, 6) is -1.22. The number of hydrogen-bond donors (Lipinski definition) is 5. The third kappa shape index (κ3) is 8.19. The Hall–Kier alpha value is -2.45. The van der Waals surface area contributed by atoms with Crippen molar-refractivity contribution in [2.45, 2.75) is 58.2 Å². The Morgan fingerprint density at radius 2 is 1.70 bits per heavy atom. The van der Waals surface area contributed by atoms with E-state index in [-0.39, 0.29) is 24.9 Å². The topological polar surface area (TPSA) is 148 Å². The Balaban J connectivity index is 2.75. The number of primary amides is 1. The van der Waals surface area contributed by atoms with Gasteiger partial charge >= 0.3 is 0 Å². The largest absolute Gasteiger partial charge is 0.392 e. The molecule has 7 N–H and O–H groups in total. The predicted octanol–water partition coefficient (Wildman–Crippen LogP) is 0.631. The molecule has 0 aliphatic rings. The molecule has 0 aliphatic carbocycles. The van der Waals surface area contributed by atoms with Crippen molar-refractivity contribution in [3.8, 4) is 0 Å². The first-order valence-electron chi connectivity index (χ1n) is 9.09. The lowest BCUT2D eigenvalue weighted by molar-refractivity contribution is -0.128. The zero-order chi connectivity index (χ0) is 20.4. The first-order valence-corrected chi connectivity index (χ1v) is 9.09. The summed E-state index contributed by atoms with van der Waals surface area (Å²) in [6.45, 7) is 3.57. The minimum Gasteiger partial charge on any atom is -0.392 e. The monoisotopic (exact) mass is 378 g/mol. The quantitative estimate of drug-likeness (QED) is 0.358. The fourth-order valence-corrected chi connectivity index (χ4v) is 2.41. The summed E-state index contributed by atoms with van der Waals surface area (Å²) >= 11 is 0. The van der Waals surface area contributed by atoms with E-state index in [1.807, 2.05) is 13.8 Å². The molecule has 1 aromatic rings. The van der Waals surface area contributed by atoms with Crippen molar-refractivity contribution in [1.29, 1.82) is 0 Å². The van der Waals surface area contributed by atoms with Crippen LogP contribution in [0.3, 0.4) is 0 Å². The first kappa shape index (κ1) is 22.6. The number of aliphatic hydroxyl groups excluding tert-OH is 1. The second-order valence-corrected chi connectivity index (χ2v) is 6.89. The smallest absolute Gasteiger partial charge is 0.246 e. The van der Waals surface area contributed by atoms with Crippen LogP contribution in [0.5, 0.6) is 0 Å². The number of nitrogens with one attached hydrogen (secondary N) is 2. The summed E-state index contributed by atoms with van der Waals surface area (Å²) in [5.41, 5.74) is 12.3. The van der Waals surface area contributed by atoms with Gasteiger partial charge in [0.25, 0.3) is 0 Å². The standard InChI is InChI=1S/C19H30N4O4/c1-12(2)17(21)19(27)23-15(5-3-4-6-16(20)25)18(26)22-14-9-7-13(11-24)8-10-14/h7-10,12,15,17,24H,3-6,11,21H2,1-2H3,(H2,20,25)(H,22,26)(H,23,27)/t15-,17-/m0/s1. The van der Waals surface area contributed by atoms with Gasteiger partial charge in [-0.25, -0.2) is 0 Å². The zero-order valence-electron chi connectivity index (χ0n) is 15.9. The molecule has 0 bridgehead atoms. The van der Waals surface area contributed by atoms with E-state index in [2.05, 4.69) is 10.6 Å². The van der Waals surface area contributed by atoms with E-state index in [0.717, 1.165) is 5.56 Å². The van der Waals surface area contributed by atoms with E-state index in [4.69, 9.17) is 16.6 Å². The molecule has 0 aliphatic heterocycles. The minimum atomic E-state index is -0.771. The Kier molecular flexibility index (Phi) is 9.46. The van der Waals surface area contributed by atoms with Crippen LogP contribution in [0, 0.1) is 5.92 Å². The Morgan fingerprint density at radius 1 is 1.07 bits per heavy atom. The fraction of sp³-hybridized carbons (Fsp3) is 0.526. The number of aliphatic hydroxyl groups is 1. The van der Waals surface area contributed by atoms with Gasteiger partial charge in [0.05, 0.1) is 12.6 Å². The molecule has 0 aromatic heterocycles. The van der Waals surface area contributed by atoms with Crippen LogP contribution >= 0.6 is 0 Å². The van der Waals surface area contributed by atoms with Crippen molar-refractivity contribution < 1.29 is 19.5 Å². The number of benzene rings is 1. The molecule has 0 fully saturated rings. The second kappa shape index (κ2) is 11.3. The van der Waals surface area contributed by atoms with Crippen LogP contribution in [-0.4, -0.2) is 34.9 Å². The molecule has 0 saturated carbocycles. The van der Waals surface area contributed by atoms with E-state index < -0.39 is 23.9 Å². The van der Waals surface area contributed by atoms with Gasteiger partial charge in [-0.3, -0.25) is 14.4 Å². The molecule has 8 nitrogen and oxygen atoms in total. The van der Waals surface area contributed by atoms with Crippen LogP contribution in [0.4, 0.5) is 5.69 Å². The summed E-state index contributed by atoms with van der Waals surface area (Å²) in [4.78, 5) is 35.7. The molecular weight excluding hydrogens is 348 g/mol. The molecule has 8 heteroatoms.